The summed E-state index contributed by atoms with van der Waals surface area (Å²) >= 11 is 0. The number of primary amides is 1. The van der Waals surface area contributed by atoms with Crippen LogP contribution in [-0.2, 0) is 4.74 Å². The third-order valence-corrected chi connectivity index (χ3v) is 1.50. The molecular weight excluding hydrogens is 194 g/mol. The van der Waals surface area contributed by atoms with Crippen molar-refractivity contribution in [2.24, 2.45) is 16.0 Å². The minimum absolute atomic E-state index is 0.372. The second-order valence-electron chi connectivity index (χ2n) is 2.57. The van der Waals surface area contributed by atoms with Crippen molar-refractivity contribution < 1.29 is 9.53 Å². The summed E-state index contributed by atoms with van der Waals surface area (Å²) in [6.07, 6.45) is 3.01. The van der Waals surface area contributed by atoms with E-state index in [1.54, 1.807) is 24.3 Å². The fraction of sp³-hybridized carbons (Fsp3) is 0.100. The van der Waals surface area contributed by atoms with Crippen molar-refractivity contribution in [1.29, 1.82) is 0 Å². The molecule has 0 atom stereocenters. The lowest BCUT2D eigenvalue weighted by atomic mass is 10.2. The summed E-state index contributed by atoms with van der Waals surface area (Å²) in [5.41, 5.74) is 5.53. The van der Waals surface area contributed by atoms with Gasteiger partial charge in [-0.25, -0.2) is 0 Å². The molecule has 0 fully saturated rings. The molecule has 0 saturated heterocycles. The highest BCUT2D eigenvalue weighted by molar-refractivity contribution is 5.92. The van der Waals surface area contributed by atoms with E-state index in [1.807, 2.05) is 6.07 Å². The number of azo groups is 1. The van der Waals surface area contributed by atoms with Crippen LogP contribution in [0.5, 0.6) is 0 Å². The van der Waals surface area contributed by atoms with E-state index in [1.165, 1.54) is 12.5 Å². The molecule has 1 amide bonds. The van der Waals surface area contributed by atoms with Gasteiger partial charge in [0.1, 0.15) is 6.26 Å². The molecule has 0 aliphatic carbocycles. The number of hydrogen-bond acceptors (Lipinski definition) is 4. The van der Waals surface area contributed by atoms with Gasteiger partial charge in [-0.2, -0.15) is 5.11 Å². The van der Waals surface area contributed by atoms with E-state index in [0.29, 0.717) is 12.3 Å². The molecule has 1 aliphatic rings. The molecule has 0 bridgehead atoms. The van der Waals surface area contributed by atoms with Gasteiger partial charge < -0.3 is 10.5 Å². The molecule has 78 valence electrons. The van der Waals surface area contributed by atoms with E-state index < -0.39 is 0 Å². The first-order valence-corrected chi connectivity index (χ1v) is 4.29. The molecule has 2 N–H and O–H groups in total. The average Bonchev–Trinajstić information content (AvgIpc) is 2.33. The zero-order chi connectivity index (χ0) is 10.9. The summed E-state index contributed by atoms with van der Waals surface area (Å²) in [6.45, 7) is 0.372. The number of nitrogens with zero attached hydrogens (tertiary/aromatic N) is 2. The summed E-state index contributed by atoms with van der Waals surface area (Å²) in [7, 11) is 0. The molecule has 0 saturated carbocycles. The topological polar surface area (TPSA) is 77.0 Å². The van der Waals surface area contributed by atoms with Crippen LogP contribution in [0.15, 0.2) is 53.0 Å². The van der Waals surface area contributed by atoms with Gasteiger partial charge in [0.15, 0.2) is 6.73 Å². The zero-order valence-electron chi connectivity index (χ0n) is 8.04. The van der Waals surface area contributed by atoms with E-state index in [4.69, 9.17) is 5.73 Å². The van der Waals surface area contributed by atoms with Crippen LogP contribution in [-0.4, -0.2) is 12.6 Å². The van der Waals surface area contributed by atoms with Gasteiger partial charge >= 0.3 is 0 Å². The van der Waals surface area contributed by atoms with E-state index in [0.717, 1.165) is 0 Å². The quantitative estimate of drug-likeness (QED) is 0.757. The second kappa shape index (κ2) is 6.31. The molecular formula is C10H11N3O2. The van der Waals surface area contributed by atoms with E-state index >= 15 is 0 Å². The lowest BCUT2D eigenvalue weighted by Gasteiger charge is -1.93. The van der Waals surface area contributed by atoms with E-state index in [-0.39, 0.29) is 5.91 Å². The van der Waals surface area contributed by atoms with Gasteiger partial charge in [-0.15, -0.1) is 5.11 Å². The lowest BCUT2D eigenvalue weighted by molar-refractivity contribution is 0.100. The smallest absolute Gasteiger partial charge is 0.248 e. The molecule has 0 radical (unpaired) electrons. The highest BCUT2D eigenvalue weighted by Crippen LogP contribution is 1.94. The minimum Gasteiger partial charge on any atom is -0.476 e. The standard InChI is InChI=1S/C7H7NO.C3H4N2O/c8-7(9)6-4-2-1-3-5-6;1-2-6-3-5-4-1/h1-5H,(H2,8,9);1-2H,3H2. The highest BCUT2D eigenvalue weighted by Gasteiger charge is 1.93. The lowest BCUT2D eigenvalue weighted by Crippen LogP contribution is -2.09. The maximum atomic E-state index is 10.4. The molecule has 5 nitrogen and oxygen atoms in total. The third kappa shape index (κ3) is 4.56. The van der Waals surface area contributed by atoms with Gasteiger partial charge in [0.05, 0.1) is 6.20 Å². The molecule has 1 aliphatic heterocycles. The van der Waals surface area contributed by atoms with Crippen LogP contribution in [0, 0.1) is 0 Å². The van der Waals surface area contributed by atoms with Crippen LogP contribution < -0.4 is 5.73 Å². The van der Waals surface area contributed by atoms with E-state index in [9.17, 15) is 4.79 Å². The Labute approximate surface area is 87.3 Å². The Morgan fingerprint density at radius 1 is 1.33 bits per heavy atom. The number of rotatable bonds is 1. The molecule has 1 aromatic rings. The van der Waals surface area contributed by atoms with Crippen molar-refractivity contribution in [2.75, 3.05) is 6.73 Å². The second-order valence-corrected chi connectivity index (χ2v) is 2.57. The third-order valence-electron chi connectivity index (χ3n) is 1.50. The van der Waals surface area contributed by atoms with Crippen LogP contribution in [0.3, 0.4) is 0 Å². The van der Waals surface area contributed by atoms with Gasteiger partial charge in [0, 0.05) is 5.56 Å². The Balaban J connectivity index is 0.000000162. The minimum atomic E-state index is -0.379. The van der Waals surface area contributed by atoms with Crippen LogP contribution in [0.4, 0.5) is 0 Å². The molecule has 0 spiro atoms. The zero-order valence-corrected chi connectivity index (χ0v) is 8.04. The van der Waals surface area contributed by atoms with Crippen molar-refractivity contribution in [1.82, 2.24) is 0 Å². The Bertz CT molecular complexity index is 348. The number of hydrogen-bond donors (Lipinski definition) is 1. The molecule has 0 unspecified atom stereocenters. The summed E-state index contributed by atoms with van der Waals surface area (Å²) in [6, 6.07) is 8.76. The number of amides is 1. The first-order chi connectivity index (χ1) is 7.30. The number of ether oxygens (including phenoxy) is 1. The molecule has 1 aromatic carbocycles. The number of benzene rings is 1. The van der Waals surface area contributed by atoms with Crippen molar-refractivity contribution >= 4 is 5.91 Å². The van der Waals surface area contributed by atoms with Crippen LogP contribution in [0.1, 0.15) is 10.4 Å². The first-order valence-electron chi connectivity index (χ1n) is 4.29. The van der Waals surface area contributed by atoms with Gasteiger partial charge in [0.25, 0.3) is 0 Å². The van der Waals surface area contributed by atoms with Crippen LogP contribution in [0.2, 0.25) is 0 Å². The molecule has 15 heavy (non-hydrogen) atoms. The van der Waals surface area contributed by atoms with Crippen LogP contribution in [0.25, 0.3) is 0 Å². The number of carbonyl (C=O) groups excluding carboxylic acids is 1. The average molecular weight is 205 g/mol. The van der Waals surface area contributed by atoms with Gasteiger partial charge in [0.2, 0.25) is 5.91 Å². The number of carbonyl (C=O) groups is 1. The predicted molar refractivity (Wildman–Crippen MR) is 54.9 cm³/mol. The maximum Gasteiger partial charge on any atom is 0.248 e. The predicted octanol–water partition coefficient (Wildman–Crippen LogP) is 1.68. The van der Waals surface area contributed by atoms with Crippen LogP contribution >= 0.6 is 0 Å². The monoisotopic (exact) mass is 205 g/mol. The van der Waals surface area contributed by atoms with Crippen molar-refractivity contribution in [3.8, 4) is 0 Å². The maximum absolute atomic E-state index is 10.4. The Morgan fingerprint density at radius 3 is 2.33 bits per heavy atom. The summed E-state index contributed by atoms with van der Waals surface area (Å²) < 4.78 is 4.63. The van der Waals surface area contributed by atoms with E-state index in [2.05, 4.69) is 15.0 Å². The molecule has 5 heteroatoms. The normalized spacial score (nSPS) is 12.3. The van der Waals surface area contributed by atoms with Gasteiger partial charge in [-0.1, -0.05) is 18.2 Å². The van der Waals surface area contributed by atoms with Crippen molar-refractivity contribution in [3.05, 3.63) is 48.4 Å². The van der Waals surface area contributed by atoms with Gasteiger partial charge in [-0.3, -0.25) is 4.79 Å². The van der Waals surface area contributed by atoms with Crippen molar-refractivity contribution in [3.63, 3.8) is 0 Å². The summed E-state index contributed by atoms with van der Waals surface area (Å²) in [5.74, 6) is -0.379. The largest absolute Gasteiger partial charge is 0.476 e. The highest BCUT2D eigenvalue weighted by atomic mass is 16.5. The summed E-state index contributed by atoms with van der Waals surface area (Å²) in [4.78, 5) is 10.4. The first kappa shape index (κ1) is 10.9. The van der Waals surface area contributed by atoms with Crippen molar-refractivity contribution in [2.45, 2.75) is 0 Å². The molecule has 1 heterocycles. The van der Waals surface area contributed by atoms with Gasteiger partial charge in [-0.05, 0) is 12.1 Å². The SMILES string of the molecule is C1=COCN=N1.NC(=O)c1ccccc1. The Morgan fingerprint density at radius 2 is 2.07 bits per heavy atom. The fourth-order valence-electron chi connectivity index (χ4n) is 0.830. The Kier molecular flexibility index (Phi) is 4.59. The number of nitrogens with two attached hydrogens (primary N) is 1. The fourth-order valence-corrected chi connectivity index (χ4v) is 0.830. The summed E-state index contributed by atoms with van der Waals surface area (Å²) in [5, 5.41) is 6.99. The molecule has 0 aromatic heterocycles. The Hall–Kier alpha value is -2.17. The molecule has 2 rings (SSSR count).